The minimum Gasteiger partial charge on any atom is -0.496 e. The average molecular weight is 243 g/mol. The lowest BCUT2D eigenvalue weighted by atomic mass is 9.84. The van der Waals surface area contributed by atoms with Gasteiger partial charge in [0.2, 0.25) is 0 Å². The molecule has 1 atom stereocenters. The second-order valence-electron chi connectivity index (χ2n) is 4.73. The van der Waals surface area contributed by atoms with Crippen LogP contribution in [0.2, 0.25) is 0 Å². The van der Waals surface area contributed by atoms with E-state index in [0.717, 1.165) is 30.0 Å². The van der Waals surface area contributed by atoms with Crippen molar-refractivity contribution >= 4 is 0 Å². The van der Waals surface area contributed by atoms with Gasteiger partial charge in [0.1, 0.15) is 5.75 Å². The van der Waals surface area contributed by atoms with Crippen molar-refractivity contribution in [3.05, 3.63) is 47.5 Å². The second-order valence-corrected chi connectivity index (χ2v) is 4.73. The van der Waals surface area contributed by atoms with Crippen LogP contribution in [0.5, 0.6) is 5.75 Å². The Kier molecular flexibility index (Phi) is 2.59. The molecule has 0 radical (unpaired) electrons. The van der Waals surface area contributed by atoms with E-state index in [1.165, 1.54) is 5.69 Å². The highest BCUT2D eigenvalue weighted by molar-refractivity contribution is 5.46. The number of nitrogens with one attached hydrogen (secondary N) is 2. The van der Waals surface area contributed by atoms with E-state index in [9.17, 15) is 0 Å². The number of methoxy groups -OCH3 is 1. The summed E-state index contributed by atoms with van der Waals surface area (Å²) in [5.41, 5.74) is 3.11. The predicted octanol–water partition coefficient (Wildman–Crippen LogP) is 1.83. The predicted molar refractivity (Wildman–Crippen MR) is 69.7 cm³/mol. The summed E-state index contributed by atoms with van der Waals surface area (Å²) in [4.78, 5) is 7.72. The number of benzene rings is 1. The normalized spacial score (nSPS) is 22.6. The zero-order valence-corrected chi connectivity index (χ0v) is 10.7. The monoisotopic (exact) mass is 243 g/mol. The molecule has 1 aromatic heterocycles. The number of ether oxygens (including phenoxy) is 1. The Bertz CT molecular complexity index is 564. The topological polar surface area (TPSA) is 49.9 Å². The molecule has 0 spiro atoms. The quantitative estimate of drug-likeness (QED) is 0.846. The molecule has 3 rings (SSSR count). The maximum Gasteiger partial charge on any atom is 0.124 e. The molecule has 18 heavy (non-hydrogen) atoms. The number of imidazole rings is 1. The Morgan fingerprint density at radius 2 is 2.17 bits per heavy atom. The van der Waals surface area contributed by atoms with Crippen LogP contribution in [-0.4, -0.2) is 23.6 Å². The van der Waals surface area contributed by atoms with Gasteiger partial charge in [-0.2, -0.15) is 0 Å². The SMILES string of the molecule is COc1ccccc1C1(C)NCCc2[nH]cnc21. The van der Waals surface area contributed by atoms with Gasteiger partial charge in [-0.05, 0) is 13.0 Å². The molecule has 2 N–H and O–H groups in total. The van der Waals surface area contributed by atoms with E-state index < -0.39 is 0 Å². The maximum atomic E-state index is 5.48. The summed E-state index contributed by atoms with van der Waals surface area (Å²) in [6.45, 7) is 3.09. The first-order valence-corrected chi connectivity index (χ1v) is 6.17. The van der Waals surface area contributed by atoms with Crippen LogP contribution >= 0.6 is 0 Å². The van der Waals surface area contributed by atoms with Crippen molar-refractivity contribution in [2.24, 2.45) is 0 Å². The van der Waals surface area contributed by atoms with E-state index in [4.69, 9.17) is 4.74 Å². The first-order chi connectivity index (χ1) is 8.75. The van der Waals surface area contributed by atoms with Crippen LogP contribution in [0.25, 0.3) is 0 Å². The highest BCUT2D eigenvalue weighted by atomic mass is 16.5. The number of aromatic amines is 1. The molecule has 0 saturated heterocycles. The lowest BCUT2D eigenvalue weighted by Gasteiger charge is -2.35. The minimum atomic E-state index is -0.291. The fourth-order valence-electron chi connectivity index (χ4n) is 2.74. The molecule has 4 nitrogen and oxygen atoms in total. The molecule has 0 saturated carbocycles. The van der Waals surface area contributed by atoms with Gasteiger partial charge in [-0.3, -0.25) is 0 Å². The van der Waals surface area contributed by atoms with E-state index >= 15 is 0 Å². The third-order valence-electron chi connectivity index (χ3n) is 3.69. The van der Waals surface area contributed by atoms with Gasteiger partial charge in [-0.15, -0.1) is 0 Å². The summed E-state index contributed by atoms with van der Waals surface area (Å²) in [7, 11) is 1.70. The van der Waals surface area contributed by atoms with Crippen LogP contribution in [0.4, 0.5) is 0 Å². The molecule has 1 aliphatic heterocycles. The Balaban J connectivity index is 2.17. The number of aromatic nitrogens is 2. The highest BCUT2D eigenvalue weighted by Crippen LogP contribution is 2.37. The number of rotatable bonds is 2. The minimum absolute atomic E-state index is 0.291. The Morgan fingerprint density at radius 3 is 3.00 bits per heavy atom. The molecule has 4 heteroatoms. The van der Waals surface area contributed by atoms with Crippen molar-refractivity contribution in [1.82, 2.24) is 15.3 Å². The van der Waals surface area contributed by atoms with Crippen molar-refractivity contribution in [2.45, 2.75) is 18.9 Å². The number of nitrogens with zero attached hydrogens (tertiary/aromatic N) is 1. The smallest absolute Gasteiger partial charge is 0.124 e. The van der Waals surface area contributed by atoms with Gasteiger partial charge in [0.15, 0.2) is 0 Å². The van der Waals surface area contributed by atoms with E-state index in [1.807, 2.05) is 18.2 Å². The standard InChI is InChI=1S/C14H17N3O/c1-14(10-5-3-4-6-12(10)18-2)13-11(7-8-17-14)15-9-16-13/h3-6,9,17H,7-8H2,1-2H3,(H,15,16). The van der Waals surface area contributed by atoms with E-state index in [2.05, 4.69) is 28.3 Å². The number of hydrogen-bond donors (Lipinski definition) is 2. The second kappa shape index (κ2) is 4.14. The van der Waals surface area contributed by atoms with Crippen molar-refractivity contribution in [2.75, 3.05) is 13.7 Å². The average Bonchev–Trinajstić information content (AvgIpc) is 2.89. The fraction of sp³-hybridized carbons (Fsp3) is 0.357. The van der Waals surface area contributed by atoms with Gasteiger partial charge in [0.05, 0.1) is 24.7 Å². The highest BCUT2D eigenvalue weighted by Gasteiger charge is 2.37. The molecule has 2 aromatic rings. The van der Waals surface area contributed by atoms with Crippen LogP contribution < -0.4 is 10.1 Å². The van der Waals surface area contributed by atoms with Gasteiger partial charge in [0.25, 0.3) is 0 Å². The molecule has 0 fully saturated rings. The van der Waals surface area contributed by atoms with Crippen molar-refractivity contribution < 1.29 is 4.74 Å². The largest absolute Gasteiger partial charge is 0.496 e. The summed E-state index contributed by atoms with van der Waals surface area (Å²) >= 11 is 0. The molecule has 0 bridgehead atoms. The van der Waals surface area contributed by atoms with Crippen LogP contribution in [0.3, 0.4) is 0 Å². The van der Waals surface area contributed by atoms with Gasteiger partial charge < -0.3 is 15.0 Å². The first-order valence-electron chi connectivity index (χ1n) is 6.17. The zero-order chi connectivity index (χ0) is 12.6. The van der Waals surface area contributed by atoms with Crippen molar-refractivity contribution in [1.29, 1.82) is 0 Å². The van der Waals surface area contributed by atoms with Crippen molar-refractivity contribution in [3.8, 4) is 5.75 Å². The first kappa shape index (κ1) is 11.3. The van der Waals surface area contributed by atoms with Crippen LogP contribution in [0.1, 0.15) is 23.9 Å². The summed E-state index contributed by atoms with van der Waals surface area (Å²) < 4.78 is 5.48. The molecule has 1 aromatic carbocycles. The van der Waals surface area contributed by atoms with Crippen LogP contribution in [-0.2, 0) is 12.0 Å². The fourth-order valence-corrected chi connectivity index (χ4v) is 2.74. The summed E-state index contributed by atoms with van der Waals surface area (Å²) in [6, 6.07) is 8.10. The number of fused-ring (bicyclic) bond motifs is 1. The molecule has 2 heterocycles. The molecule has 1 unspecified atom stereocenters. The number of H-pyrrole nitrogens is 1. The summed E-state index contributed by atoms with van der Waals surface area (Å²) in [6.07, 6.45) is 2.76. The van der Waals surface area contributed by atoms with Crippen molar-refractivity contribution in [3.63, 3.8) is 0 Å². The number of hydrogen-bond acceptors (Lipinski definition) is 3. The Hall–Kier alpha value is -1.81. The van der Waals surface area contributed by atoms with Crippen LogP contribution in [0.15, 0.2) is 30.6 Å². The van der Waals surface area contributed by atoms with E-state index in [-0.39, 0.29) is 5.54 Å². The van der Waals surface area contributed by atoms with E-state index in [1.54, 1.807) is 13.4 Å². The maximum absolute atomic E-state index is 5.48. The number of para-hydroxylation sites is 1. The molecule has 0 aliphatic carbocycles. The van der Waals surface area contributed by atoms with E-state index in [0.29, 0.717) is 0 Å². The lowest BCUT2D eigenvalue weighted by molar-refractivity contribution is 0.362. The Labute approximate surface area is 106 Å². The third-order valence-corrected chi connectivity index (χ3v) is 3.69. The van der Waals surface area contributed by atoms with Gasteiger partial charge >= 0.3 is 0 Å². The molecular formula is C14H17N3O. The zero-order valence-electron chi connectivity index (χ0n) is 10.7. The van der Waals surface area contributed by atoms with Gasteiger partial charge in [-0.25, -0.2) is 4.98 Å². The third kappa shape index (κ3) is 1.53. The van der Waals surface area contributed by atoms with Gasteiger partial charge in [-0.1, -0.05) is 18.2 Å². The summed E-state index contributed by atoms with van der Waals surface area (Å²) in [5.74, 6) is 0.892. The molecular weight excluding hydrogens is 226 g/mol. The molecule has 1 aliphatic rings. The molecule has 0 amide bonds. The lowest BCUT2D eigenvalue weighted by Crippen LogP contribution is -2.46. The van der Waals surface area contributed by atoms with Crippen LogP contribution in [0, 0.1) is 0 Å². The summed E-state index contributed by atoms with van der Waals surface area (Å²) in [5, 5.41) is 3.57. The Morgan fingerprint density at radius 1 is 1.33 bits per heavy atom. The molecule has 94 valence electrons. The van der Waals surface area contributed by atoms with Gasteiger partial charge in [0, 0.05) is 24.2 Å².